The Morgan fingerprint density at radius 2 is 1.83 bits per heavy atom. The molecule has 8 nitrogen and oxygen atoms in total. The number of nitrogens with zero attached hydrogens (tertiary/aromatic N) is 2. The first-order valence-corrected chi connectivity index (χ1v) is 9.46. The van der Waals surface area contributed by atoms with E-state index in [2.05, 4.69) is 15.6 Å². The second kappa shape index (κ2) is 12.9. The number of carbonyl (C=O) groups is 1. The SMILES string of the molecule is COc1ccc(CN=C(NCC(=O)N(C)C)NCC2(OC)CCOCC2)cc1.I. The monoisotopic (exact) mass is 520 g/mol. The fourth-order valence-corrected chi connectivity index (χ4v) is 2.83. The average Bonchev–Trinajstić information content (AvgIpc) is 2.73. The van der Waals surface area contributed by atoms with Crippen molar-refractivity contribution in [3.63, 3.8) is 0 Å². The van der Waals surface area contributed by atoms with Gasteiger partial charge in [0.2, 0.25) is 5.91 Å². The maximum atomic E-state index is 11.9. The zero-order valence-electron chi connectivity index (χ0n) is 17.7. The molecule has 9 heteroatoms. The minimum Gasteiger partial charge on any atom is -0.497 e. The largest absolute Gasteiger partial charge is 0.497 e. The number of nitrogens with one attached hydrogen (secondary N) is 2. The minimum atomic E-state index is -0.285. The van der Waals surface area contributed by atoms with Gasteiger partial charge in [-0.05, 0) is 17.7 Å². The number of carbonyl (C=O) groups excluding carboxylic acids is 1. The van der Waals surface area contributed by atoms with Gasteiger partial charge in [0.05, 0.1) is 25.8 Å². The number of guanidine groups is 1. The van der Waals surface area contributed by atoms with Crippen LogP contribution in [0.5, 0.6) is 5.75 Å². The smallest absolute Gasteiger partial charge is 0.241 e. The Morgan fingerprint density at radius 3 is 2.38 bits per heavy atom. The standard InChI is InChI=1S/C20H32N4O4.HI/c1-24(2)18(25)14-22-19(21-13-16-5-7-17(26-3)8-6-16)23-15-20(27-4)9-11-28-12-10-20;/h5-8H,9-15H2,1-4H3,(H2,21,22,23);1H. The molecule has 2 rings (SSSR count). The summed E-state index contributed by atoms with van der Waals surface area (Å²) >= 11 is 0. The van der Waals surface area contributed by atoms with Crippen LogP contribution in [-0.2, 0) is 20.8 Å². The molecule has 1 amide bonds. The van der Waals surface area contributed by atoms with Crippen molar-refractivity contribution in [2.75, 3.05) is 54.6 Å². The molecule has 1 aromatic rings. The molecule has 0 atom stereocenters. The summed E-state index contributed by atoms with van der Waals surface area (Å²) in [6, 6.07) is 7.76. The van der Waals surface area contributed by atoms with E-state index in [-0.39, 0.29) is 42.0 Å². The van der Waals surface area contributed by atoms with Crippen LogP contribution in [0.1, 0.15) is 18.4 Å². The highest BCUT2D eigenvalue weighted by Crippen LogP contribution is 2.23. The van der Waals surface area contributed by atoms with E-state index in [0.717, 1.165) is 24.2 Å². The third-order valence-corrected chi connectivity index (χ3v) is 4.90. The molecule has 0 aromatic heterocycles. The lowest BCUT2D eigenvalue weighted by molar-refractivity contribution is -0.127. The first kappa shape index (κ1) is 25.4. The Kier molecular flexibility index (Phi) is 11.3. The number of halogens is 1. The van der Waals surface area contributed by atoms with E-state index in [1.54, 1.807) is 33.2 Å². The minimum absolute atomic E-state index is 0. The number of benzene rings is 1. The summed E-state index contributed by atoms with van der Waals surface area (Å²) in [5.41, 5.74) is 0.764. The lowest BCUT2D eigenvalue weighted by Crippen LogP contribution is -2.51. The van der Waals surface area contributed by atoms with Crippen LogP contribution in [0.15, 0.2) is 29.3 Å². The van der Waals surface area contributed by atoms with Gasteiger partial charge in [-0.15, -0.1) is 24.0 Å². The molecule has 0 aliphatic carbocycles. The molecule has 1 fully saturated rings. The van der Waals surface area contributed by atoms with Crippen molar-refractivity contribution in [2.45, 2.75) is 25.0 Å². The average molecular weight is 520 g/mol. The van der Waals surface area contributed by atoms with Crippen molar-refractivity contribution in [3.05, 3.63) is 29.8 Å². The van der Waals surface area contributed by atoms with Gasteiger partial charge in [0, 0.05) is 53.8 Å². The second-order valence-corrected chi connectivity index (χ2v) is 7.01. The van der Waals surface area contributed by atoms with Gasteiger partial charge < -0.3 is 29.7 Å². The van der Waals surface area contributed by atoms with Crippen molar-refractivity contribution >= 4 is 35.8 Å². The number of likely N-dealkylation sites (N-methyl/N-ethyl adjacent to an activating group) is 1. The van der Waals surface area contributed by atoms with Gasteiger partial charge in [-0.1, -0.05) is 12.1 Å². The van der Waals surface area contributed by atoms with Crippen LogP contribution in [0.25, 0.3) is 0 Å². The molecular weight excluding hydrogens is 487 g/mol. The maximum Gasteiger partial charge on any atom is 0.241 e. The number of hydrogen-bond acceptors (Lipinski definition) is 5. The van der Waals surface area contributed by atoms with Crippen molar-refractivity contribution in [1.82, 2.24) is 15.5 Å². The number of ether oxygens (including phenoxy) is 3. The molecule has 164 valence electrons. The zero-order valence-corrected chi connectivity index (χ0v) is 20.0. The number of rotatable bonds is 8. The lowest BCUT2D eigenvalue weighted by atomic mass is 9.94. The van der Waals surface area contributed by atoms with Gasteiger partial charge >= 0.3 is 0 Å². The van der Waals surface area contributed by atoms with Gasteiger partial charge in [-0.25, -0.2) is 4.99 Å². The van der Waals surface area contributed by atoms with E-state index < -0.39 is 0 Å². The number of hydrogen-bond donors (Lipinski definition) is 2. The Balaban J connectivity index is 0.00000420. The molecule has 0 spiro atoms. The van der Waals surface area contributed by atoms with Crippen LogP contribution in [0.2, 0.25) is 0 Å². The van der Waals surface area contributed by atoms with Gasteiger partial charge in [-0.2, -0.15) is 0 Å². The summed E-state index contributed by atoms with van der Waals surface area (Å²) in [7, 11) is 6.83. The van der Waals surface area contributed by atoms with Gasteiger partial charge in [0.25, 0.3) is 0 Å². The first-order valence-electron chi connectivity index (χ1n) is 9.46. The maximum absolute atomic E-state index is 11.9. The van der Waals surface area contributed by atoms with Crippen molar-refractivity contribution in [2.24, 2.45) is 4.99 Å². The molecular formula is C20H33IN4O4. The van der Waals surface area contributed by atoms with Crippen molar-refractivity contribution in [1.29, 1.82) is 0 Å². The first-order chi connectivity index (χ1) is 13.5. The second-order valence-electron chi connectivity index (χ2n) is 7.01. The molecule has 29 heavy (non-hydrogen) atoms. The fourth-order valence-electron chi connectivity index (χ4n) is 2.83. The van der Waals surface area contributed by atoms with Gasteiger partial charge in [0.15, 0.2) is 5.96 Å². The lowest BCUT2D eigenvalue weighted by Gasteiger charge is -2.36. The van der Waals surface area contributed by atoms with E-state index >= 15 is 0 Å². The van der Waals surface area contributed by atoms with Crippen molar-refractivity contribution in [3.8, 4) is 5.75 Å². The van der Waals surface area contributed by atoms with E-state index in [4.69, 9.17) is 14.2 Å². The Bertz CT molecular complexity index is 646. The normalized spacial score (nSPS) is 15.8. The van der Waals surface area contributed by atoms with Crippen LogP contribution in [0.4, 0.5) is 0 Å². The molecule has 0 saturated carbocycles. The summed E-state index contributed by atoms with van der Waals surface area (Å²) in [5.74, 6) is 1.36. The predicted molar refractivity (Wildman–Crippen MR) is 124 cm³/mol. The molecule has 1 aliphatic heterocycles. The van der Waals surface area contributed by atoms with Crippen LogP contribution in [0, 0.1) is 0 Å². The third-order valence-electron chi connectivity index (χ3n) is 4.90. The highest BCUT2D eigenvalue weighted by atomic mass is 127. The van der Waals surface area contributed by atoms with E-state index in [9.17, 15) is 4.79 Å². The number of methoxy groups -OCH3 is 2. The quantitative estimate of drug-likeness (QED) is 0.308. The summed E-state index contributed by atoms with van der Waals surface area (Å²) in [6.45, 7) is 2.61. The molecule has 1 aromatic carbocycles. The Hall–Kier alpha value is -1.59. The molecule has 2 N–H and O–H groups in total. The van der Waals surface area contributed by atoms with Crippen LogP contribution >= 0.6 is 24.0 Å². The summed E-state index contributed by atoms with van der Waals surface area (Å²) in [4.78, 5) is 18.1. The highest BCUT2D eigenvalue weighted by molar-refractivity contribution is 14.0. The molecule has 1 saturated heterocycles. The summed E-state index contributed by atoms with van der Waals surface area (Å²) in [6.07, 6.45) is 1.64. The Labute approximate surface area is 190 Å². The molecule has 0 unspecified atom stereocenters. The topological polar surface area (TPSA) is 84.4 Å². The highest BCUT2D eigenvalue weighted by Gasteiger charge is 2.32. The van der Waals surface area contributed by atoms with Gasteiger partial charge in [-0.3, -0.25) is 4.79 Å². The molecule has 1 heterocycles. The summed E-state index contributed by atoms with van der Waals surface area (Å²) in [5, 5.41) is 6.44. The number of amides is 1. The van der Waals surface area contributed by atoms with E-state index in [1.165, 1.54) is 0 Å². The third kappa shape index (κ3) is 8.35. The van der Waals surface area contributed by atoms with Crippen LogP contribution in [0.3, 0.4) is 0 Å². The summed E-state index contributed by atoms with van der Waals surface area (Å²) < 4.78 is 16.4. The predicted octanol–water partition coefficient (Wildman–Crippen LogP) is 1.63. The fraction of sp³-hybridized carbons (Fsp3) is 0.600. The van der Waals surface area contributed by atoms with E-state index in [0.29, 0.717) is 32.3 Å². The van der Waals surface area contributed by atoms with Crippen LogP contribution in [-0.4, -0.2) is 77.0 Å². The number of aliphatic imine (C=N–C) groups is 1. The van der Waals surface area contributed by atoms with Gasteiger partial charge in [0.1, 0.15) is 5.75 Å². The van der Waals surface area contributed by atoms with Crippen LogP contribution < -0.4 is 15.4 Å². The Morgan fingerprint density at radius 1 is 1.17 bits per heavy atom. The van der Waals surface area contributed by atoms with Crippen molar-refractivity contribution < 1.29 is 19.0 Å². The molecule has 0 bridgehead atoms. The molecule has 0 radical (unpaired) electrons. The van der Waals surface area contributed by atoms with E-state index in [1.807, 2.05) is 24.3 Å². The zero-order chi connectivity index (χ0) is 20.4. The molecule has 1 aliphatic rings.